The van der Waals surface area contributed by atoms with Crippen molar-refractivity contribution in [2.24, 2.45) is 5.73 Å². The lowest BCUT2D eigenvalue weighted by molar-refractivity contribution is 0.375. The van der Waals surface area contributed by atoms with Gasteiger partial charge in [0.15, 0.2) is 0 Å². The standard InChI is InChI=1S/C20H14Cl2N4O2/c1-27-18-12(7-11(21)8-14(18)22)15-13(9-23)19(24)28-20-16(15)17(25-26-20)10-5-3-2-4-6-10/h2-8,15H,24H2,1H3,(H,25,26)/t15-/m1/s1. The fourth-order valence-corrected chi connectivity index (χ4v) is 3.98. The third-order valence-corrected chi connectivity index (χ3v) is 5.05. The van der Waals surface area contributed by atoms with Gasteiger partial charge in [-0.05, 0) is 17.7 Å². The smallest absolute Gasteiger partial charge is 0.244 e. The van der Waals surface area contributed by atoms with Gasteiger partial charge in [0.25, 0.3) is 0 Å². The van der Waals surface area contributed by atoms with Crippen LogP contribution in [-0.2, 0) is 0 Å². The predicted molar refractivity (Wildman–Crippen MR) is 106 cm³/mol. The van der Waals surface area contributed by atoms with Crippen molar-refractivity contribution in [2.45, 2.75) is 5.92 Å². The molecule has 1 aliphatic heterocycles. The van der Waals surface area contributed by atoms with Crippen molar-refractivity contribution < 1.29 is 9.47 Å². The van der Waals surface area contributed by atoms with E-state index in [0.29, 0.717) is 38.5 Å². The molecule has 6 nitrogen and oxygen atoms in total. The maximum atomic E-state index is 9.81. The van der Waals surface area contributed by atoms with Gasteiger partial charge in [-0.25, -0.2) is 0 Å². The number of allylic oxidation sites excluding steroid dienone is 1. The van der Waals surface area contributed by atoms with Crippen molar-refractivity contribution in [3.8, 4) is 29.0 Å². The van der Waals surface area contributed by atoms with E-state index in [1.165, 1.54) is 7.11 Å². The molecule has 8 heteroatoms. The van der Waals surface area contributed by atoms with E-state index < -0.39 is 5.92 Å². The molecule has 3 N–H and O–H groups in total. The molecule has 3 aromatic rings. The van der Waals surface area contributed by atoms with E-state index in [0.717, 1.165) is 5.56 Å². The number of aromatic amines is 1. The lowest BCUT2D eigenvalue weighted by Crippen LogP contribution is -2.21. The number of ether oxygens (including phenoxy) is 2. The van der Waals surface area contributed by atoms with Crippen LogP contribution >= 0.6 is 23.2 Å². The summed E-state index contributed by atoms with van der Waals surface area (Å²) in [5, 5.41) is 17.8. The zero-order valence-corrected chi connectivity index (χ0v) is 16.2. The maximum Gasteiger partial charge on any atom is 0.244 e. The first kappa shape index (κ1) is 18.2. The molecule has 140 valence electrons. The van der Waals surface area contributed by atoms with E-state index in [9.17, 15) is 5.26 Å². The van der Waals surface area contributed by atoms with Gasteiger partial charge in [-0.1, -0.05) is 53.5 Å². The molecule has 0 spiro atoms. The summed E-state index contributed by atoms with van der Waals surface area (Å²) >= 11 is 12.6. The number of hydrogen-bond acceptors (Lipinski definition) is 5. The van der Waals surface area contributed by atoms with Gasteiger partial charge >= 0.3 is 0 Å². The van der Waals surface area contributed by atoms with E-state index in [1.807, 2.05) is 30.3 Å². The fourth-order valence-electron chi connectivity index (χ4n) is 3.39. The molecule has 1 aromatic heterocycles. The highest BCUT2D eigenvalue weighted by Crippen LogP contribution is 2.49. The first-order valence-electron chi connectivity index (χ1n) is 8.29. The van der Waals surface area contributed by atoms with Crippen molar-refractivity contribution in [2.75, 3.05) is 7.11 Å². The summed E-state index contributed by atoms with van der Waals surface area (Å²) in [7, 11) is 1.51. The molecule has 1 atom stereocenters. The number of nitrogens with one attached hydrogen (secondary N) is 1. The number of nitriles is 1. The highest BCUT2D eigenvalue weighted by molar-refractivity contribution is 6.35. The van der Waals surface area contributed by atoms with Gasteiger partial charge in [0.1, 0.15) is 17.4 Å². The van der Waals surface area contributed by atoms with Crippen LogP contribution in [-0.4, -0.2) is 17.3 Å². The van der Waals surface area contributed by atoms with Crippen molar-refractivity contribution in [1.82, 2.24) is 10.2 Å². The van der Waals surface area contributed by atoms with Crippen molar-refractivity contribution in [3.05, 3.63) is 75.1 Å². The Balaban J connectivity index is 2.03. The average molecular weight is 413 g/mol. The van der Waals surface area contributed by atoms with Crippen LogP contribution in [0.5, 0.6) is 11.6 Å². The zero-order valence-electron chi connectivity index (χ0n) is 14.7. The summed E-state index contributed by atoms with van der Waals surface area (Å²) in [4.78, 5) is 0. The van der Waals surface area contributed by atoms with Crippen LogP contribution in [0.3, 0.4) is 0 Å². The summed E-state index contributed by atoms with van der Waals surface area (Å²) < 4.78 is 11.1. The summed E-state index contributed by atoms with van der Waals surface area (Å²) in [6.07, 6.45) is 0. The molecule has 4 rings (SSSR count). The average Bonchev–Trinajstić information content (AvgIpc) is 3.10. The Morgan fingerprint density at radius 1 is 1.25 bits per heavy atom. The molecular formula is C20H14Cl2N4O2. The van der Waals surface area contributed by atoms with Crippen molar-refractivity contribution >= 4 is 23.2 Å². The monoisotopic (exact) mass is 412 g/mol. The Morgan fingerprint density at radius 2 is 2.00 bits per heavy atom. The van der Waals surface area contributed by atoms with Crippen LogP contribution in [0.15, 0.2) is 53.9 Å². The molecule has 0 unspecified atom stereocenters. The maximum absolute atomic E-state index is 9.81. The summed E-state index contributed by atoms with van der Waals surface area (Å²) in [5.41, 5.74) is 9.10. The van der Waals surface area contributed by atoms with E-state index >= 15 is 0 Å². The second kappa shape index (κ2) is 7.12. The minimum absolute atomic E-state index is 0.0238. The second-order valence-corrected chi connectivity index (χ2v) is 6.96. The summed E-state index contributed by atoms with van der Waals surface area (Å²) in [5.74, 6) is 0.0568. The highest BCUT2D eigenvalue weighted by atomic mass is 35.5. The number of nitrogens with zero attached hydrogens (tertiary/aromatic N) is 2. The Labute approximate surface area is 171 Å². The Morgan fingerprint density at radius 3 is 2.68 bits per heavy atom. The van der Waals surface area contributed by atoms with E-state index in [1.54, 1.807) is 12.1 Å². The normalized spacial score (nSPS) is 15.6. The number of halogens is 2. The number of rotatable bonds is 3. The molecule has 0 saturated carbocycles. The highest BCUT2D eigenvalue weighted by Gasteiger charge is 2.37. The third kappa shape index (κ3) is 2.85. The molecule has 0 radical (unpaired) electrons. The first-order valence-corrected chi connectivity index (χ1v) is 9.05. The fraction of sp³-hybridized carbons (Fsp3) is 0.100. The molecule has 0 bridgehead atoms. The Hall–Kier alpha value is -3.14. The largest absolute Gasteiger partial charge is 0.495 e. The lowest BCUT2D eigenvalue weighted by Gasteiger charge is -2.26. The van der Waals surface area contributed by atoms with E-state index in [4.69, 9.17) is 38.4 Å². The zero-order chi connectivity index (χ0) is 19.8. The van der Waals surface area contributed by atoms with Gasteiger partial charge < -0.3 is 15.2 Å². The lowest BCUT2D eigenvalue weighted by atomic mass is 9.82. The molecule has 0 amide bonds. The molecule has 2 heterocycles. The van der Waals surface area contributed by atoms with Crippen LogP contribution in [0.1, 0.15) is 17.0 Å². The van der Waals surface area contributed by atoms with Gasteiger partial charge in [-0.2, -0.15) is 5.26 Å². The SMILES string of the molecule is COc1c(Cl)cc(Cl)cc1[C@@H]1C(C#N)=C(N)Oc2n[nH]c(-c3ccccc3)c21. The molecule has 1 aliphatic rings. The molecule has 0 aliphatic carbocycles. The second-order valence-electron chi connectivity index (χ2n) is 6.12. The Kier molecular flexibility index (Phi) is 4.63. The van der Waals surface area contributed by atoms with Crippen LogP contribution < -0.4 is 15.2 Å². The van der Waals surface area contributed by atoms with Gasteiger partial charge in [-0.3, -0.25) is 5.10 Å². The number of benzene rings is 2. The van der Waals surface area contributed by atoms with Gasteiger partial charge in [0.2, 0.25) is 11.8 Å². The van der Waals surface area contributed by atoms with Crippen molar-refractivity contribution in [3.63, 3.8) is 0 Å². The van der Waals surface area contributed by atoms with Crippen LogP contribution in [0.2, 0.25) is 10.0 Å². The molecule has 0 saturated heterocycles. The number of methoxy groups -OCH3 is 1. The summed E-state index contributed by atoms with van der Waals surface area (Å²) in [6, 6.07) is 15.0. The number of hydrogen-bond donors (Lipinski definition) is 2. The van der Waals surface area contributed by atoms with Gasteiger partial charge in [0.05, 0.1) is 29.3 Å². The molecule has 0 fully saturated rings. The minimum atomic E-state index is -0.617. The molecule has 2 aromatic carbocycles. The van der Waals surface area contributed by atoms with Gasteiger partial charge in [0, 0.05) is 10.6 Å². The first-order chi connectivity index (χ1) is 13.5. The van der Waals surface area contributed by atoms with E-state index in [2.05, 4.69) is 16.3 Å². The number of aromatic nitrogens is 2. The number of nitrogens with two attached hydrogens (primary N) is 1. The molecule has 28 heavy (non-hydrogen) atoms. The number of fused-ring (bicyclic) bond motifs is 1. The van der Waals surface area contributed by atoms with Crippen LogP contribution in [0.25, 0.3) is 11.3 Å². The Bertz CT molecular complexity index is 1130. The quantitative estimate of drug-likeness (QED) is 0.654. The topological polar surface area (TPSA) is 96.9 Å². The summed E-state index contributed by atoms with van der Waals surface area (Å²) in [6.45, 7) is 0. The van der Waals surface area contributed by atoms with E-state index in [-0.39, 0.29) is 11.5 Å². The third-order valence-electron chi connectivity index (χ3n) is 4.55. The van der Waals surface area contributed by atoms with Gasteiger partial charge in [-0.15, -0.1) is 5.10 Å². The molecular weight excluding hydrogens is 399 g/mol. The predicted octanol–water partition coefficient (Wildman–Crippen LogP) is 4.61. The van der Waals surface area contributed by atoms with Crippen molar-refractivity contribution in [1.29, 1.82) is 5.26 Å². The van der Waals surface area contributed by atoms with Crippen LogP contribution in [0, 0.1) is 11.3 Å². The number of H-pyrrole nitrogens is 1. The minimum Gasteiger partial charge on any atom is -0.495 e. The van der Waals surface area contributed by atoms with Crippen LogP contribution in [0.4, 0.5) is 0 Å².